The van der Waals surface area contributed by atoms with Crippen LogP contribution < -0.4 is 15.8 Å². The predicted molar refractivity (Wildman–Crippen MR) is 149 cm³/mol. The Kier molecular flexibility index (Phi) is 8.03. The van der Waals surface area contributed by atoms with Crippen LogP contribution in [-0.4, -0.2) is 48.9 Å². The molecule has 2 fully saturated rings. The summed E-state index contributed by atoms with van der Waals surface area (Å²) >= 11 is 0. The fourth-order valence-electron chi connectivity index (χ4n) is 5.12. The highest BCUT2D eigenvalue weighted by Crippen LogP contribution is 2.41. The Morgan fingerprint density at radius 3 is 2.34 bits per heavy atom. The highest BCUT2D eigenvalue weighted by Gasteiger charge is 2.33. The molecule has 0 radical (unpaired) electrons. The number of halogens is 1. The number of nitrogen functional groups attached to an aromatic ring is 1. The lowest BCUT2D eigenvalue weighted by molar-refractivity contribution is 0.0931. The quantitative estimate of drug-likeness (QED) is 0.250. The molecular weight excluding hydrogens is 479 g/mol. The Hall–Kier alpha value is -3.71. The lowest BCUT2D eigenvalue weighted by Crippen LogP contribution is -2.39. The molecule has 3 aromatic carbocycles. The minimum atomic E-state index is -0.314. The molecule has 1 unspecified atom stereocenters. The van der Waals surface area contributed by atoms with Crippen LogP contribution in [0.2, 0.25) is 0 Å². The average Bonchev–Trinajstić information content (AvgIpc) is 3.79. The Labute approximate surface area is 223 Å². The van der Waals surface area contributed by atoms with Crippen molar-refractivity contribution in [1.82, 2.24) is 10.2 Å². The van der Waals surface area contributed by atoms with Crippen LogP contribution in [0.5, 0.6) is 5.75 Å². The number of hydrogen-bond acceptors (Lipinski definition) is 5. The summed E-state index contributed by atoms with van der Waals surface area (Å²) in [6.07, 6.45) is 4.06. The van der Waals surface area contributed by atoms with Crippen LogP contribution in [-0.2, 0) is 0 Å². The summed E-state index contributed by atoms with van der Waals surface area (Å²) in [7, 11) is 0. The van der Waals surface area contributed by atoms with Gasteiger partial charge in [0.2, 0.25) is 0 Å². The molecule has 1 saturated heterocycles. The summed E-state index contributed by atoms with van der Waals surface area (Å²) in [5.41, 5.74) is 9.76. The maximum Gasteiger partial charge on any atom is 0.251 e. The predicted octanol–water partition coefficient (Wildman–Crippen LogP) is 5.38. The van der Waals surface area contributed by atoms with Gasteiger partial charge in [0.25, 0.3) is 5.91 Å². The third-order valence-electron chi connectivity index (χ3n) is 7.50. The monoisotopic (exact) mass is 514 g/mol. The van der Waals surface area contributed by atoms with Crippen molar-refractivity contribution in [2.24, 2.45) is 5.92 Å². The molecule has 1 saturated carbocycles. The molecule has 198 valence electrons. The van der Waals surface area contributed by atoms with Crippen molar-refractivity contribution in [3.63, 3.8) is 0 Å². The van der Waals surface area contributed by atoms with Crippen molar-refractivity contribution in [1.29, 1.82) is 5.41 Å². The van der Waals surface area contributed by atoms with E-state index in [1.165, 1.54) is 0 Å². The van der Waals surface area contributed by atoms with Crippen molar-refractivity contribution >= 4 is 17.3 Å². The topological polar surface area (TPSA) is 91.4 Å². The van der Waals surface area contributed by atoms with Gasteiger partial charge in [0.1, 0.15) is 18.5 Å². The summed E-state index contributed by atoms with van der Waals surface area (Å²) in [4.78, 5) is 15.3. The van der Waals surface area contributed by atoms with E-state index in [4.69, 9.17) is 15.9 Å². The van der Waals surface area contributed by atoms with Gasteiger partial charge in [0, 0.05) is 42.0 Å². The lowest BCUT2D eigenvalue weighted by atomic mass is 9.97. The second kappa shape index (κ2) is 11.8. The van der Waals surface area contributed by atoms with Crippen LogP contribution >= 0.6 is 0 Å². The molecule has 38 heavy (non-hydrogen) atoms. The number of benzene rings is 3. The van der Waals surface area contributed by atoms with Gasteiger partial charge in [-0.2, -0.15) is 0 Å². The second-order valence-electron chi connectivity index (χ2n) is 10.2. The van der Waals surface area contributed by atoms with Gasteiger partial charge >= 0.3 is 0 Å². The molecule has 1 aliphatic heterocycles. The smallest absolute Gasteiger partial charge is 0.251 e. The summed E-state index contributed by atoms with van der Waals surface area (Å²) in [5.74, 6) is 1.04. The van der Waals surface area contributed by atoms with E-state index in [1.54, 1.807) is 18.2 Å². The summed E-state index contributed by atoms with van der Waals surface area (Å²) in [5, 5.41) is 12.0. The molecule has 0 aromatic heterocycles. The number of carbonyl (C=O) groups excluding carboxylic acids is 1. The molecule has 5 rings (SSSR count). The van der Waals surface area contributed by atoms with E-state index in [0.29, 0.717) is 34.8 Å². The Bertz CT molecular complexity index is 1250. The number of ether oxygens (including phenoxy) is 1. The van der Waals surface area contributed by atoms with Crippen LogP contribution in [0.1, 0.15) is 58.8 Å². The third-order valence-corrected chi connectivity index (χ3v) is 7.50. The van der Waals surface area contributed by atoms with Crippen molar-refractivity contribution in [3.05, 3.63) is 95.1 Å². The first-order valence-corrected chi connectivity index (χ1v) is 13.4. The Balaban J connectivity index is 1.24. The Morgan fingerprint density at radius 2 is 1.68 bits per heavy atom. The highest BCUT2D eigenvalue weighted by molar-refractivity contribution is 6.14. The highest BCUT2D eigenvalue weighted by atomic mass is 19.1. The second-order valence-corrected chi connectivity index (χ2v) is 10.2. The van der Waals surface area contributed by atoms with E-state index in [2.05, 4.69) is 22.3 Å². The first-order valence-electron chi connectivity index (χ1n) is 13.4. The van der Waals surface area contributed by atoms with Gasteiger partial charge in [-0.1, -0.05) is 30.3 Å². The van der Waals surface area contributed by atoms with Crippen molar-refractivity contribution in [3.8, 4) is 5.75 Å². The number of nitrogens with one attached hydrogen (secondary N) is 2. The number of nitrogens with two attached hydrogens (primary N) is 1. The molecule has 1 heterocycles. The van der Waals surface area contributed by atoms with E-state index >= 15 is 0 Å². The molecule has 1 atom stereocenters. The lowest BCUT2D eigenvalue weighted by Gasteiger charge is -2.31. The first kappa shape index (κ1) is 25.9. The zero-order chi connectivity index (χ0) is 26.5. The number of carbonyl (C=O) groups is 1. The molecule has 0 bridgehead atoms. The average molecular weight is 515 g/mol. The van der Waals surface area contributed by atoms with Gasteiger partial charge in [-0.15, -0.1) is 0 Å². The normalized spacial score (nSPS) is 17.1. The first-order chi connectivity index (χ1) is 18.5. The fourth-order valence-corrected chi connectivity index (χ4v) is 5.12. The number of hydrogen-bond donors (Lipinski definition) is 3. The van der Waals surface area contributed by atoms with Crippen molar-refractivity contribution in [2.45, 2.75) is 37.8 Å². The molecule has 0 spiro atoms. The van der Waals surface area contributed by atoms with Gasteiger partial charge in [-0.3, -0.25) is 10.2 Å². The van der Waals surface area contributed by atoms with Gasteiger partial charge < -0.3 is 20.7 Å². The van der Waals surface area contributed by atoms with Crippen molar-refractivity contribution in [2.75, 3.05) is 32.0 Å². The van der Waals surface area contributed by atoms with E-state index in [-0.39, 0.29) is 30.4 Å². The summed E-state index contributed by atoms with van der Waals surface area (Å²) < 4.78 is 18.7. The molecule has 7 heteroatoms. The summed E-state index contributed by atoms with van der Waals surface area (Å²) in [6, 6.07) is 22.6. The zero-order valence-corrected chi connectivity index (χ0v) is 21.5. The van der Waals surface area contributed by atoms with Gasteiger partial charge in [-0.25, -0.2) is 4.39 Å². The SMILES string of the molecule is N=C(c1ccc(OC2CCN(CCF)CC2)cc1)c1cc(C(=O)NC(c2ccccc2)C2CC2)ccc1N. The number of alkyl halides is 1. The summed E-state index contributed by atoms with van der Waals surface area (Å²) in [6.45, 7) is 1.86. The number of amides is 1. The molecule has 4 N–H and O–H groups in total. The number of likely N-dealkylation sites (tertiary alicyclic amines) is 1. The van der Waals surface area contributed by atoms with E-state index in [1.807, 2.05) is 42.5 Å². The molecular formula is C31H35FN4O2. The van der Waals surface area contributed by atoms with Crippen molar-refractivity contribution < 1.29 is 13.9 Å². The number of rotatable bonds is 10. The van der Waals surface area contributed by atoms with Crippen LogP contribution in [0.4, 0.5) is 10.1 Å². The standard InChI is InChI=1S/C31H35FN4O2/c32-16-19-36-17-14-26(15-18-36)38-25-11-8-21(9-12-25)29(34)27-20-24(10-13-28(27)33)31(37)35-30(23-6-7-23)22-4-2-1-3-5-22/h1-5,8-13,20,23,26,30,34H,6-7,14-19,33H2,(H,35,37). The number of nitrogens with zero attached hydrogens (tertiary/aromatic N) is 1. The van der Waals surface area contributed by atoms with Gasteiger partial charge in [0.15, 0.2) is 0 Å². The molecule has 6 nitrogen and oxygen atoms in total. The minimum Gasteiger partial charge on any atom is -0.490 e. The molecule has 1 amide bonds. The van der Waals surface area contributed by atoms with Gasteiger partial charge in [0.05, 0.1) is 11.8 Å². The number of anilines is 1. The maximum absolute atomic E-state index is 13.2. The maximum atomic E-state index is 13.2. The van der Waals surface area contributed by atoms with Crippen LogP contribution in [0, 0.1) is 11.3 Å². The molecule has 3 aromatic rings. The van der Waals surface area contributed by atoms with E-state index < -0.39 is 0 Å². The third kappa shape index (κ3) is 6.22. The van der Waals surface area contributed by atoms with Crippen LogP contribution in [0.25, 0.3) is 0 Å². The molecule has 2 aliphatic rings. The largest absolute Gasteiger partial charge is 0.490 e. The number of piperidine rings is 1. The van der Waals surface area contributed by atoms with Crippen LogP contribution in [0.15, 0.2) is 72.8 Å². The fraction of sp³-hybridized carbons (Fsp3) is 0.355. The van der Waals surface area contributed by atoms with Crippen LogP contribution in [0.3, 0.4) is 0 Å². The van der Waals surface area contributed by atoms with E-state index in [0.717, 1.165) is 50.1 Å². The molecule has 1 aliphatic carbocycles. The zero-order valence-electron chi connectivity index (χ0n) is 21.5. The van der Waals surface area contributed by atoms with Gasteiger partial charge in [-0.05, 0) is 79.6 Å². The Morgan fingerprint density at radius 1 is 1.00 bits per heavy atom. The van der Waals surface area contributed by atoms with E-state index in [9.17, 15) is 9.18 Å². The minimum absolute atomic E-state index is 0.0207.